The zero-order valence-electron chi connectivity index (χ0n) is 11.1. The van der Waals surface area contributed by atoms with Crippen molar-refractivity contribution < 1.29 is 9.53 Å². The topological polar surface area (TPSA) is 76.1 Å². The van der Waals surface area contributed by atoms with E-state index >= 15 is 0 Å². The summed E-state index contributed by atoms with van der Waals surface area (Å²) >= 11 is 0. The summed E-state index contributed by atoms with van der Waals surface area (Å²) in [6.07, 6.45) is 1.50. The predicted octanol–water partition coefficient (Wildman–Crippen LogP) is 2.63. The molecule has 20 heavy (non-hydrogen) atoms. The molecule has 0 heterocycles. The molecule has 1 amide bonds. The summed E-state index contributed by atoms with van der Waals surface area (Å²) in [5.74, 6) is 0.0447. The van der Waals surface area contributed by atoms with Crippen LogP contribution in [0.15, 0.2) is 42.0 Å². The van der Waals surface area contributed by atoms with Gasteiger partial charge < -0.3 is 10.5 Å². The molecule has 0 aliphatic carbocycles. The Hall–Kier alpha value is -2.80. The predicted molar refractivity (Wildman–Crippen MR) is 77.9 cm³/mol. The van der Waals surface area contributed by atoms with Crippen molar-refractivity contribution in [2.75, 3.05) is 6.61 Å². The van der Waals surface area contributed by atoms with Crippen LogP contribution < -0.4 is 10.5 Å². The van der Waals surface area contributed by atoms with Gasteiger partial charge in [-0.05, 0) is 30.0 Å². The van der Waals surface area contributed by atoms with Crippen molar-refractivity contribution in [1.29, 1.82) is 5.26 Å². The summed E-state index contributed by atoms with van der Waals surface area (Å²) < 4.78 is 5.58. The first kappa shape index (κ1) is 13.6. The quantitative estimate of drug-likeness (QED) is 0.682. The van der Waals surface area contributed by atoms with Gasteiger partial charge in [0.1, 0.15) is 17.4 Å². The lowest BCUT2D eigenvalue weighted by Crippen LogP contribution is -2.12. The molecule has 4 heteroatoms. The molecule has 0 atom stereocenters. The Bertz CT molecular complexity index is 727. The number of nitrogens with two attached hydrogens (primary N) is 1. The summed E-state index contributed by atoms with van der Waals surface area (Å²) in [5, 5.41) is 10.8. The molecule has 0 bridgehead atoms. The van der Waals surface area contributed by atoms with E-state index in [2.05, 4.69) is 0 Å². The Balaban J connectivity index is 2.65. The van der Waals surface area contributed by atoms with E-state index < -0.39 is 5.91 Å². The average Bonchev–Trinajstić information content (AvgIpc) is 2.46. The van der Waals surface area contributed by atoms with Crippen molar-refractivity contribution >= 4 is 22.8 Å². The molecule has 100 valence electrons. The molecule has 0 radical (unpaired) electrons. The molecule has 0 saturated heterocycles. The van der Waals surface area contributed by atoms with Crippen molar-refractivity contribution in [2.45, 2.75) is 6.92 Å². The van der Waals surface area contributed by atoms with Gasteiger partial charge in [-0.2, -0.15) is 5.26 Å². The van der Waals surface area contributed by atoms with Crippen LogP contribution in [0.5, 0.6) is 5.75 Å². The second-order valence-electron chi connectivity index (χ2n) is 4.17. The molecular weight excluding hydrogens is 252 g/mol. The number of fused-ring (bicyclic) bond motifs is 1. The number of benzene rings is 2. The molecule has 2 rings (SSSR count). The first-order valence-corrected chi connectivity index (χ1v) is 6.23. The van der Waals surface area contributed by atoms with Crippen molar-refractivity contribution in [3.8, 4) is 11.8 Å². The number of hydrogen-bond donors (Lipinski definition) is 1. The summed E-state index contributed by atoms with van der Waals surface area (Å²) in [5.41, 5.74) is 5.86. The summed E-state index contributed by atoms with van der Waals surface area (Å²) in [7, 11) is 0. The Morgan fingerprint density at radius 2 is 2.00 bits per heavy atom. The molecule has 0 aliphatic rings. The standard InChI is InChI=1S/C16H14N2O2/c1-2-20-15-8-7-11(9-12(10-17)16(18)19)13-5-3-4-6-14(13)15/h3-9H,2H2,1H3,(H2,18,19)/b12-9-. The van der Waals surface area contributed by atoms with E-state index in [0.717, 1.165) is 22.1 Å². The van der Waals surface area contributed by atoms with E-state index in [1.807, 2.05) is 49.4 Å². The van der Waals surface area contributed by atoms with Crippen LogP contribution >= 0.6 is 0 Å². The highest BCUT2D eigenvalue weighted by Crippen LogP contribution is 2.29. The van der Waals surface area contributed by atoms with E-state index in [4.69, 9.17) is 15.7 Å². The average molecular weight is 266 g/mol. The lowest BCUT2D eigenvalue weighted by molar-refractivity contribution is -0.114. The number of primary amides is 1. The van der Waals surface area contributed by atoms with Crippen LogP contribution in [0.25, 0.3) is 16.8 Å². The van der Waals surface area contributed by atoms with Crippen molar-refractivity contribution in [3.05, 3.63) is 47.5 Å². The minimum absolute atomic E-state index is 0.0701. The molecule has 0 unspecified atom stereocenters. The summed E-state index contributed by atoms with van der Waals surface area (Å²) in [6.45, 7) is 2.49. The van der Waals surface area contributed by atoms with Gasteiger partial charge in [-0.3, -0.25) is 4.79 Å². The van der Waals surface area contributed by atoms with Gasteiger partial charge in [-0.25, -0.2) is 0 Å². The highest BCUT2D eigenvalue weighted by molar-refractivity contribution is 6.04. The minimum Gasteiger partial charge on any atom is -0.493 e. The van der Waals surface area contributed by atoms with Crippen LogP contribution in [0.4, 0.5) is 0 Å². The highest BCUT2D eigenvalue weighted by Gasteiger charge is 2.08. The third-order valence-corrected chi connectivity index (χ3v) is 2.90. The van der Waals surface area contributed by atoms with Gasteiger partial charge in [0, 0.05) is 5.39 Å². The Kier molecular flexibility index (Phi) is 4.02. The summed E-state index contributed by atoms with van der Waals surface area (Å²) in [6, 6.07) is 13.1. The monoisotopic (exact) mass is 266 g/mol. The third-order valence-electron chi connectivity index (χ3n) is 2.90. The zero-order valence-corrected chi connectivity index (χ0v) is 11.1. The first-order valence-electron chi connectivity index (χ1n) is 6.23. The van der Waals surface area contributed by atoms with Gasteiger partial charge in [-0.1, -0.05) is 30.3 Å². The highest BCUT2D eigenvalue weighted by atomic mass is 16.5. The maximum atomic E-state index is 11.1. The lowest BCUT2D eigenvalue weighted by atomic mass is 10.0. The molecule has 2 aromatic carbocycles. The minimum atomic E-state index is -0.731. The van der Waals surface area contributed by atoms with Crippen LogP contribution in [0.2, 0.25) is 0 Å². The van der Waals surface area contributed by atoms with Crippen LogP contribution in [0.3, 0.4) is 0 Å². The molecular formula is C16H14N2O2. The van der Waals surface area contributed by atoms with E-state index in [0.29, 0.717) is 6.61 Å². The van der Waals surface area contributed by atoms with Crippen LogP contribution in [0, 0.1) is 11.3 Å². The molecule has 4 nitrogen and oxygen atoms in total. The molecule has 0 aliphatic heterocycles. The van der Waals surface area contributed by atoms with Gasteiger partial charge >= 0.3 is 0 Å². The normalized spacial score (nSPS) is 11.1. The summed E-state index contributed by atoms with van der Waals surface area (Å²) in [4.78, 5) is 11.1. The van der Waals surface area contributed by atoms with Crippen LogP contribution in [-0.4, -0.2) is 12.5 Å². The van der Waals surface area contributed by atoms with E-state index in [1.54, 1.807) is 0 Å². The number of carbonyl (C=O) groups is 1. The molecule has 2 aromatic rings. The smallest absolute Gasteiger partial charge is 0.259 e. The van der Waals surface area contributed by atoms with Crippen LogP contribution in [-0.2, 0) is 4.79 Å². The fraction of sp³-hybridized carbons (Fsp3) is 0.125. The zero-order chi connectivity index (χ0) is 14.5. The number of ether oxygens (including phenoxy) is 1. The number of nitrogens with zero attached hydrogens (tertiary/aromatic N) is 1. The van der Waals surface area contributed by atoms with Gasteiger partial charge in [-0.15, -0.1) is 0 Å². The van der Waals surface area contributed by atoms with Crippen molar-refractivity contribution in [1.82, 2.24) is 0 Å². The molecule has 0 spiro atoms. The van der Waals surface area contributed by atoms with Crippen LogP contribution in [0.1, 0.15) is 12.5 Å². The second-order valence-corrected chi connectivity index (χ2v) is 4.17. The fourth-order valence-electron chi connectivity index (χ4n) is 2.02. The second kappa shape index (κ2) is 5.89. The molecule has 0 saturated carbocycles. The Morgan fingerprint density at radius 3 is 2.60 bits per heavy atom. The first-order chi connectivity index (χ1) is 9.67. The Labute approximate surface area is 117 Å². The van der Waals surface area contributed by atoms with Gasteiger partial charge in [0.15, 0.2) is 0 Å². The molecule has 2 N–H and O–H groups in total. The van der Waals surface area contributed by atoms with Crippen molar-refractivity contribution in [3.63, 3.8) is 0 Å². The van der Waals surface area contributed by atoms with Gasteiger partial charge in [0.05, 0.1) is 6.61 Å². The Morgan fingerprint density at radius 1 is 1.30 bits per heavy atom. The number of nitriles is 1. The number of carbonyl (C=O) groups excluding carboxylic acids is 1. The SMILES string of the molecule is CCOc1ccc(/C=C(/C#N)C(N)=O)c2ccccc12. The van der Waals surface area contributed by atoms with E-state index in [9.17, 15) is 4.79 Å². The maximum absolute atomic E-state index is 11.1. The molecule has 0 fully saturated rings. The molecule has 0 aromatic heterocycles. The number of rotatable bonds is 4. The van der Waals surface area contributed by atoms with Crippen molar-refractivity contribution in [2.24, 2.45) is 5.73 Å². The van der Waals surface area contributed by atoms with E-state index in [1.165, 1.54) is 6.08 Å². The largest absolute Gasteiger partial charge is 0.493 e. The van der Waals surface area contributed by atoms with Gasteiger partial charge in [0.2, 0.25) is 0 Å². The van der Waals surface area contributed by atoms with E-state index in [-0.39, 0.29) is 5.57 Å². The van der Waals surface area contributed by atoms with Gasteiger partial charge in [0.25, 0.3) is 5.91 Å². The lowest BCUT2D eigenvalue weighted by Gasteiger charge is -2.09. The number of amides is 1. The number of hydrogen-bond acceptors (Lipinski definition) is 3. The maximum Gasteiger partial charge on any atom is 0.259 e. The fourth-order valence-corrected chi connectivity index (χ4v) is 2.02. The third kappa shape index (κ3) is 2.62.